The highest BCUT2D eigenvalue weighted by molar-refractivity contribution is 7.90. The second kappa shape index (κ2) is 5.05. The van der Waals surface area contributed by atoms with Gasteiger partial charge in [-0.1, -0.05) is 41.9 Å². The maximum atomic E-state index is 12.6. The van der Waals surface area contributed by atoms with Crippen molar-refractivity contribution < 1.29 is 13.2 Å². The number of hydrogen-bond donors (Lipinski definition) is 1. The van der Waals surface area contributed by atoms with Crippen LogP contribution in [-0.2, 0) is 16.6 Å². The molecule has 1 heterocycles. The summed E-state index contributed by atoms with van der Waals surface area (Å²) in [7, 11) is -3.88. The highest BCUT2D eigenvalue weighted by Gasteiger charge is 2.36. The van der Waals surface area contributed by atoms with Crippen LogP contribution >= 0.6 is 11.6 Å². The van der Waals surface area contributed by atoms with Gasteiger partial charge in [-0.05, 0) is 23.8 Å². The molecule has 2 aromatic carbocycles. The van der Waals surface area contributed by atoms with Crippen molar-refractivity contribution >= 4 is 33.3 Å². The lowest BCUT2D eigenvalue weighted by Gasteiger charge is -2.28. The normalized spacial score (nSPS) is 16.2. The van der Waals surface area contributed by atoms with Gasteiger partial charge in [-0.3, -0.25) is 0 Å². The van der Waals surface area contributed by atoms with Crippen molar-refractivity contribution in [3.8, 4) is 0 Å². The molecule has 21 heavy (non-hydrogen) atoms. The maximum Gasteiger partial charge on any atom is 0.336 e. The van der Waals surface area contributed by atoms with Gasteiger partial charge in [0.2, 0.25) is 0 Å². The molecule has 0 saturated carbocycles. The van der Waals surface area contributed by atoms with Crippen molar-refractivity contribution in [2.24, 2.45) is 0 Å². The molecular weight excluding hydrogens is 312 g/mol. The first-order valence-corrected chi connectivity index (χ1v) is 7.98. The van der Waals surface area contributed by atoms with Gasteiger partial charge in [-0.15, -0.1) is 0 Å². The first kappa shape index (κ1) is 13.9. The summed E-state index contributed by atoms with van der Waals surface area (Å²) in [6.07, 6.45) is 0. The minimum atomic E-state index is -3.88. The van der Waals surface area contributed by atoms with E-state index in [1.807, 2.05) is 0 Å². The molecule has 0 bridgehead atoms. The highest BCUT2D eigenvalue weighted by atomic mass is 35.5. The topological polar surface area (TPSA) is 66.5 Å². The molecule has 1 N–H and O–H groups in total. The number of urea groups is 1. The quantitative estimate of drug-likeness (QED) is 0.924. The average molecular weight is 323 g/mol. The number of rotatable bonds is 2. The van der Waals surface area contributed by atoms with E-state index in [-0.39, 0.29) is 17.1 Å². The van der Waals surface area contributed by atoms with Crippen LogP contribution in [0.1, 0.15) is 5.56 Å². The van der Waals surface area contributed by atoms with Crippen LogP contribution in [0.3, 0.4) is 0 Å². The van der Waals surface area contributed by atoms with Gasteiger partial charge in [0.15, 0.2) is 0 Å². The van der Waals surface area contributed by atoms with Crippen LogP contribution in [0.4, 0.5) is 10.5 Å². The molecule has 0 unspecified atom stereocenters. The summed E-state index contributed by atoms with van der Waals surface area (Å²) in [5.41, 5.74) is 0.857. The molecule has 5 nitrogen and oxygen atoms in total. The average Bonchev–Trinajstić information content (AvgIpc) is 2.45. The third-order valence-electron chi connectivity index (χ3n) is 3.20. The minimum absolute atomic E-state index is 0.0802. The van der Waals surface area contributed by atoms with Crippen LogP contribution < -0.4 is 5.32 Å². The van der Waals surface area contributed by atoms with Gasteiger partial charge in [0.1, 0.15) is 4.90 Å². The summed E-state index contributed by atoms with van der Waals surface area (Å²) >= 11 is 6.03. The fraction of sp³-hybridized carbons (Fsp3) is 0.0714. The Labute approximate surface area is 127 Å². The van der Waals surface area contributed by atoms with E-state index in [9.17, 15) is 13.2 Å². The second-order valence-electron chi connectivity index (χ2n) is 4.53. The first-order chi connectivity index (χ1) is 10.00. The van der Waals surface area contributed by atoms with E-state index in [4.69, 9.17) is 11.6 Å². The number of para-hydroxylation sites is 1. The van der Waals surface area contributed by atoms with Crippen LogP contribution in [0.5, 0.6) is 0 Å². The smallest absolute Gasteiger partial charge is 0.306 e. The predicted octanol–water partition coefficient (Wildman–Crippen LogP) is 3.08. The Morgan fingerprint density at radius 1 is 1.05 bits per heavy atom. The second-order valence-corrected chi connectivity index (χ2v) is 6.77. The molecule has 108 valence electrons. The number of carbonyl (C=O) groups excluding carboxylic acids is 1. The molecular formula is C14H11ClN2O3S. The van der Waals surface area contributed by atoms with Crippen LogP contribution in [0.25, 0.3) is 0 Å². The Morgan fingerprint density at radius 3 is 2.48 bits per heavy atom. The van der Waals surface area contributed by atoms with Crippen molar-refractivity contribution in [3.05, 3.63) is 59.1 Å². The number of nitrogens with one attached hydrogen (secondary N) is 1. The SMILES string of the molecule is O=C1Nc2ccccc2S(=O)(=O)N1Cc1ccccc1Cl. The van der Waals surface area contributed by atoms with Gasteiger partial charge in [-0.25, -0.2) is 17.5 Å². The molecule has 7 heteroatoms. The van der Waals surface area contributed by atoms with E-state index in [2.05, 4.69) is 5.32 Å². The number of nitrogens with zero attached hydrogens (tertiary/aromatic N) is 1. The molecule has 3 rings (SSSR count). The summed E-state index contributed by atoms with van der Waals surface area (Å²) in [6, 6.07) is 12.4. The largest absolute Gasteiger partial charge is 0.336 e. The van der Waals surface area contributed by atoms with Crippen molar-refractivity contribution in [3.63, 3.8) is 0 Å². The molecule has 0 radical (unpaired) electrons. The number of amides is 2. The van der Waals surface area contributed by atoms with Crippen molar-refractivity contribution in [2.45, 2.75) is 11.4 Å². The molecule has 0 saturated heterocycles. The molecule has 0 atom stereocenters. The van der Waals surface area contributed by atoms with Crippen LogP contribution in [-0.4, -0.2) is 18.8 Å². The standard InChI is InChI=1S/C14H11ClN2O3S/c15-11-6-2-1-5-10(11)9-17-14(18)16-12-7-3-4-8-13(12)21(17,19)20/h1-8H,9H2,(H,16,18). The molecule has 0 spiro atoms. The third-order valence-corrected chi connectivity index (χ3v) is 5.35. The summed E-state index contributed by atoms with van der Waals surface area (Å²) in [5.74, 6) is 0. The molecule has 1 aliphatic heterocycles. The van der Waals surface area contributed by atoms with Gasteiger partial charge in [0.25, 0.3) is 10.0 Å². The Morgan fingerprint density at radius 2 is 1.71 bits per heavy atom. The maximum absolute atomic E-state index is 12.6. The Bertz CT molecular complexity index is 820. The molecule has 2 amide bonds. The Kier molecular flexibility index (Phi) is 3.35. The lowest BCUT2D eigenvalue weighted by atomic mass is 10.2. The summed E-state index contributed by atoms with van der Waals surface area (Å²) in [4.78, 5) is 12.2. The Hall–Kier alpha value is -2.05. The lowest BCUT2D eigenvalue weighted by molar-refractivity contribution is 0.233. The van der Waals surface area contributed by atoms with Crippen molar-refractivity contribution in [1.82, 2.24) is 4.31 Å². The van der Waals surface area contributed by atoms with E-state index in [1.165, 1.54) is 6.07 Å². The zero-order valence-corrected chi connectivity index (χ0v) is 12.4. The monoisotopic (exact) mass is 322 g/mol. The molecule has 0 fully saturated rings. The third kappa shape index (κ3) is 2.36. The number of carbonyl (C=O) groups is 1. The number of anilines is 1. The van der Waals surface area contributed by atoms with Gasteiger partial charge in [0.05, 0.1) is 12.2 Å². The fourth-order valence-corrected chi connectivity index (χ4v) is 3.79. The predicted molar refractivity (Wildman–Crippen MR) is 79.6 cm³/mol. The van der Waals surface area contributed by atoms with Gasteiger partial charge in [-0.2, -0.15) is 0 Å². The van der Waals surface area contributed by atoms with Gasteiger partial charge >= 0.3 is 6.03 Å². The van der Waals surface area contributed by atoms with Crippen LogP contribution in [0.15, 0.2) is 53.4 Å². The first-order valence-electron chi connectivity index (χ1n) is 6.16. The molecule has 1 aliphatic rings. The van der Waals surface area contributed by atoms with Crippen molar-refractivity contribution in [2.75, 3.05) is 5.32 Å². The van der Waals surface area contributed by atoms with Gasteiger partial charge in [0, 0.05) is 5.02 Å². The number of hydrogen-bond acceptors (Lipinski definition) is 3. The number of benzene rings is 2. The fourth-order valence-electron chi connectivity index (χ4n) is 2.14. The zero-order valence-electron chi connectivity index (χ0n) is 10.8. The van der Waals surface area contributed by atoms with Gasteiger partial charge < -0.3 is 5.32 Å². The molecule has 0 aliphatic carbocycles. The van der Waals surface area contributed by atoms with E-state index in [0.717, 1.165) is 4.31 Å². The van der Waals surface area contributed by atoms with E-state index in [1.54, 1.807) is 42.5 Å². The zero-order chi connectivity index (χ0) is 15.0. The van der Waals surface area contributed by atoms with E-state index >= 15 is 0 Å². The molecule has 0 aromatic heterocycles. The summed E-state index contributed by atoms with van der Waals surface area (Å²) in [6.45, 7) is -0.109. The summed E-state index contributed by atoms with van der Waals surface area (Å²) in [5, 5.41) is 2.99. The van der Waals surface area contributed by atoms with E-state index in [0.29, 0.717) is 10.6 Å². The minimum Gasteiger partial charge on any atom is -0.306 e. The lowest BCUT2D eigenvalue weighted by Crippen LogP contribution is -2.43. The van der Waals surface area contributed by atoms with Crippen molar-refractivity contribution in [1.29, 1.82) is 0 Å². The van der Waals surface area contributed by atoms with E-state index < -0.39 is 16.1 Å². The van der Waals surface area contributed by atoms with Crippen LogP contribution in [0, 0.1) is 0 Å². The van der Waals surface area contributed by atoms with Crippen LogP contribution in [0.2, 0.25) is 5.02 Å². The molecule has 2 aromatic rings. The summed E-state index contributed by atoms with van der Waals surface area (Å²) < 4.78 is 25.9. The number of sulfonamides is 1. The Balaban J connectivity index is 2.04. The number of fused-ring (bicyclic) bond motifs is 1. The number of halogens is 1. The highest BCUT2D eigenvalue weighted by Crippen LogP contribution is 2.31.